The number of benzene rings is 2. The maximum absolute atomic E-state index is 11.7. The number of aromatic hydroxyl groups is 1. The molecular formula is C24H27N3O5S. The van der Waals surface area contributed by atoms with Crippen molar-refractivity contribution in [1.82, 2.24) is 10.6 Å². The molecular weight excluding hydrogens is 442 g/mol. The van der Waals surface area contributed by atoms with Crippen molar-refractivity contribution in [2.24, 2.45) is 0 Å². The Kier molecular flexibility index (Phi) is 7.54. The predicted octanol–water partition coefficient (Wildman–Crippen LogP) is 2.71. The number of piperidine rings is 1. The van der Waals surface area contributed by atoms with Crippen LogP contribution in [0.15, 0.2) is 53.4 Å². The van der Waals surface area contributed by atoms with Crippen LogP contribution in [0.5, 0.6) is 11.5 Å². The van der Waals surface area contributed by atoms with E-state index in [4.69, 9.17) is 4.74 Å². The van der Waals surface area contributed by atoms with Crippen molar-refractivity contribution in [1.29, 1.82) is 0 Å². The Hall–Kier alpha value is -3.01. The molecule has 0 radical (unpaired) electrons. The molecule has 2 aliphatic rings. The number of nitrogens with one attached hydrogen (secondary N) is 2. The van der Waals surface area contributed by atoms with Gasteiger partial charge in [0, 0.05) is 31.4 Å². The lowest BCUT2D eigenvalue weighted by molar-refractivity contribution is -0.115. The number of phenols is 1. The summed E-state index contributed by atoms with van der Waals surface area (Å²) in [5.74, 6) is 0.445. The largest absolute Gasteiger partial charge is 0.508 e. The van der Waals surface area contributed by atoms with Gasteiger partial charge in [-0.15, -0.1) is 0 Å². The molecule has 0 spiro atoms. The number of hydrogen-bond acceptors (Lipinski definition) is 8. The highest BCUT2D eigenvalue weighted by Gasteiger charge is 2.25. The smallest absolute Gasteiger partial charge is 0.290 e. The number of phenolic OH excluding ortho intramolecular Hbond substituents is 1. The summed E-state index contributed by atoms with van der Waals surface area (Å²) in [5.41, 5.74) is 2.00. The Morgan fingerprint density at radius 3 is 2.45 bits per heavy atom. The molecule has 0 bridgehead atoms. The number of nitrogens with zero attached hydrogens (tertiary/aromatic N) is 1. The number of carbonyl (C=O) groups is 2. The van der Waals surface area contributed by atoms with Gasteiger partial charge in [-0.25, -0.2) is 0 Å². The number of imide groups is 1. The molecule has 4 N–H and O–H groups in total. The third-order valence-electron chi connectivity index (χ3n) is 5.61. The maximum Gasteiger partial charge on any atom is 0.290 e. The number of rotatable bonds is 8. The standard InChI is InChI=1S/C24H27N3O5S/c28-19-5-7-21(8-6-19)32-15-20(29)14-25-17-9-11-27(12-10-17)18-3-1-16(2-4-18)13-22-23(30)26-24(31)33-22/h1-8,13,17,20,25,28-29H,9-12,14-15H2,(H,26,30,31)/t20-/m0/s1. The van der Waals surface area contributed by atoms with Gasteiger partial charge in [0.2, 0.25) is 0 Å². The minimum Gasteiger partial charge on any atom is -0.508 e. The fraction of sp³-hybridized carbons (Fsp3) is 0.333. The summed E-state index contributed by atoms with van der Waals surface area (Å²) < 4.78 is 5.55. The minimum absolute atomic E-state index is 0.180. The first-order valence-electron chi connectivity index (χ1n) is 10.9. The Balaban J connectivity index is 1.19. The van der Waals surface area contributed by atoms with Gasteiger partial charge < -0.3 is 25.2 Å². The van der Waals surface area contributed by atoms with Gasteiger partial charge in [-0.2, -0.15) is 0 Å². The summed E-state index contributed by atoms with van der Waals surface area (Å²) >= 11 is 0.919. The summed E-state index contributed by atoms with van der Waals surface area (Å²) in [4.78, 5) is 25.7. The zero-order valence-electron chi connectivity index (χ0n) is 18.1. The van der Waals surface area contributed by atoms with Crippen molar-refractivity contribution in [3.63, 3.8) is 0 Å². The summed E-state index contributed by atoms with van der Waals surface area (Å²) in [6.07, 6.45) is 3.04. The fourth-order valence-corrected chi connectivity index (χ4v) is 4.47. The summed E-state index contributed by atoms with van der Waals surface area (Å²) in [7, 11) is 0. The van der Waals surface area contributed by atoms with E-state index in [0.717, 1.165) is 48.9 Å². The summed E-state index contributed by atoms with van der Waals surface area (Å²) in [6, 6.07) is 14.7. The molecule has 2 amide bonds. The molecule has 0 aromatic heterocycles. The second-order valence-corrected chi connectivity index (χ2v) is 9.09. The topological polar surface area (TPSA) is 111 Å². The van der Waals surface area contributed by atoms with Crippen molar-refractivity contribution in [2.75, 3.05) is 31.1 Å². The van der Waals surface area contributed by atoms with Crippen LogP contribution in [0.2, 0.25) is 0 Å². The van der Waals surface area contributed by atoms with E-state index in [2.05, 4.69) is 15.5 Å². The molecule has 33 heavy (non-hydrogen) atoms. The molecule has 0 saturated carbocycles. The first-order valence-corrected chi connectivity index (χ1v) is 11.7. The van der Waals surface area contributed by atoms with Gasteiger partial charge in [0.15, 0.2) is 0 Å². The van der Waals surface area contributed by atoms with E-state index in [0.29, 0.717) is 23.2 Å². The third kappa shape index (κ3) is 6.50. The molecule has 174 valence electrons. The van der Waals surface area contributed by atoms with Gasteiger partial charge in [0.25, 0.3) is 11.1 Å². The number of anilines is 1. The first kappa shape index (κ1) is 23.2. The Morgan fingerprint density at radius 2 is 1.82 bits per heavy atom. The van der Waals surface area contributed by atoms with Crippen LogP contribution in [0.4, 0.5) is 10.5 Å². The Bertz CT molecular complexity index is 1000. The average molecular weight is 470 g/mol. The monoisotopic (exact) mass is 469 g/mol. The van der Waals surface area contributed by atoms with Crippen molar-refractivity contribution in [3.05, 3.63) is 59.0 Å². The Morgan fingerprint density at radius 1 is 1.12 bits per heavy atom. The molecule has 1 atom stereocenters. The molecule has 2 saturated heterocycles. The molecule has 4 rings (SSSR count). The number of hydrogen-bond donors (Lipinski definition) is 4. The molecule has 0 aliphatic carbocycles. The van der Waals surface area contributed by atoms with Crippen LogP contribution >= 0.6 is 11.8 Å². The second-order valence-electron chi connectivity index (χ2n) is 8.07. The molecule has 2 aliphatic heterocycles. The van der Waals surface area contributed by atoms with E-state index in [1.165, 1.54) is 0 Å². The second kappa shape index (κ2) is 10.7. The zero-order valence-corrected chi connectivity index (χ0v) is 18.9. The lowest BCUT2D eigenvalue weighted by Gasteiger charge is -2.34. The number of carbonyl (C=O) groups excluding carboxylic acids is 2. The van der Waals surface area contributed by atoms with E-state index in [-0.39, 0.29) is 23.5 Å². The van der Waals surface area contributed by atoms with Gasteiger partial charge in [-0.1, -0.05) is 12.1 Å². The van der Waals surface area contributed by atoms with Crippen molar-refractivity contribution in [3.8, 4) is 11.5 Å². The van der Waals surface area contributed by atoms with Crippen LogP contribution in [-0.2, 0) is 4.79 Å². The van der Waals surface area contributed by atoms with Gasteiger partial charge in [-0.3, -0.25) is 14.9 Å². The highest BCUT2D eigenvalue weighted by Crippen LogP contribution is 2.27. The average Bonchev–Trinajstić information content (AvgIpc) is 3.14. The first-order chi connectivity index (χ1) is 16.0. The van der Waals surface area contributed by atoms with Gasteiger partial charge >= 0.3 is 0 Å². The lowest BCUT2D eigenvalue weighted by atomic mass is 10.0. The number of aliphatic hydroxyl groups excluding tert-OH is 1. The molecule has 2 aromatic rings. The van der Waals surface area contributed by atoms with Crippen molar-refractivity contribution >= 4 is 34.7 Å². The van der Waals surface area contributed by atoms with Gasteiger partial charge in [-0.05, 0) is 72.6 Å². The highest BCUT2D eigenvalue weighted by molar-refractivity contribution is 8.18. The van der Waals surface area contributed by atoms with E-state index in [1.807, 2.05) is 24.3 Å². The summed E-state index contributed by atoms with van der Waals surface area (Å²) in [6.45, 7) is 2.46. The third-order valence-corrected chi connectivity index (χ3v) is 6.42. The van der Waals surface area contributed by atoms with E-state index in [1.54, 1.807) is 30.3 Å². The van der Waals surface area contributed by atoms with Gasteiger partial charge in [0.05, 0.1) is 4.91 Å². The molecule has 2 aromatic carbocycles. The quantitative estimate of drug-likeness (QED) is 0.437. The van der Waals surface area contributed by atoms with E-state index in [9.17, 15) is 19.8 Å². The number of thioether (sulfide) groups is 1. The maximum atomic E-state index is 11.7. The van der Waals surface area contributed by atoms with Crippen LogP contribution < -0.4 is 20.3 Å². The summed E-state index contributed by atoms with van der Waals surface area (Å²) in [5, 5.41) is 24.8. The number of amides is 2. The van der Waals surface area contributed by atoms with Crippen LogP contribution in [0.3, 0.4) is 0 Å². The van der Waals surface area contributed by atoms with Crippen LogP contribution in [0, 0.1) is 0 Å². The number of ether oxygens (including phenoxy) is 1. The zero-order chi connectivity index (χ0) is 23.2. The Labute approximate surface area is 196 Å². The fourth-order valence-electron chi connectivity index (χ4n) is 3.79. The molecule has 9 heteroatoms. The van der Waals surface area contributed by atoms with E-state index >= 15 is 0 Å². The van der Waals surface area contributed by atoms with Gasteiger partial charge in [0.1, 0.15) is 24.2 Å². The normalized spacial score (nSPS) is 19.1. The lowest BCUT2D eigenvalue weighted by Crippen LogP contribution is -2.45. The van der Waals surface area contributed by atoms with Crippen LogP contribution in [0.1, 0.15) is 18.4 Å². The SMILES string of the molecule is O=C1NC(=O)C(=Cc2ccc(N3CCC(NC[C@H](O)COc4ccc(O)cc4)CC3)cc2)S1. The highest BCUT2D eigenvalue weighted by atomic mass is 32.2. The molecule has 8 nitrogen and oxygen atoms in total. The molecule has 2 heterocycles. The van der Waals surface area contributed by atoms with Crippen LogP contribution in [0.25, 0.3) is 6.08 Å². The van der Waals surface area contributed by atoms with Crippen LogP contribution in [-0.4, -0.2) is 59.7 Å². The number of aliphatic hydroxyl groups is 1. The van der Waals surface area contributed by atoms with Crippen molar-refractivity contribution in [2.45, 2.75) is 25.0 Å². The molecule has 2 fully saturated rings. The minimum atomic E-state index is -0.617. The molecule has 0 unspecified atom stereocenters. The van der Waals surface area contributed by atoms with Crippen molar-refractivity contribution < 1.29 is 24.5 Å². The van der Waals surface area contributed by atoms with E-state index < -0.39 is 6.10 Å². The predicted molar refractivity (Wildman–Crippen MR) is 128 cm³/mol.